The molecule has 1 heterocycles. The molecule has 2 rings (SSSR count). The summed E-state index contributed by atoms with van der Waals surface area (Å²) in [5, 5.41) is 10.6. The second-order valence-corrected chi connectivity index (χ2v) is 2.73. The van der Waals surface area contributed by atoms with Crippen LogP contribution in [0.1, 0.15) is 0 Å². The lowest BCUT2D eigenvalue weighted by molar-refractivity contribution is 0.118. The molecule has 0 unspecified atom stereocenters. The highest BCUT2D eigenvalue weighted by atomic mass is 19.2. The molecule has 1 aliphatic rings. The molecule has 5 nitrogen and oxygen atoms in total. The van der Waals surface area contributed by atoms with Gasteiger partial charge in [0.05, 0.1) is 10.7 Å². The molecule has 1 aromatic carbocycles. The Kier molecular flexibility index (Phi) is 1.70. The van der Waals surface area contributed by atoms with E-state index in [1.807, 2.05) is 0 Å². The minimum Gasteiger partial charge on any atom is -0.465 e. The third-order valence-electron chi connectivity index (χ3n) is 1.68. The fourth-order valence-corrected chi connectivity index (χ4v) is 1.19. The number of benzene rings is 1. The minimum atomic E-state index is -2.57. The van der Waals surface area contributed by atoms with Crippen LogP contribution in [0.5, 0.6) is 0 Å². The van der Waals surface area contributed by atoms with Crippen LogP contribution in [-0.2, 0) is 0 Å². The van der Waals surface area contributed by atoms with Gasteiger partial charge in [0.1, 0.15) is 0 Å². The highest BCUT2D eigenvalue weighted by Gasteiger charge is 2.32. The van der Waals surface area contributed by atoms with Gasteiger partial charge in [0.15, 0.2) is 0 Å². The van der Waals surface area contributed by atoms with Crippen LogP contribution in [-0.4, -0.2) is 17.2 Å². The molecule has 0 spiro atoms. The van der Waals surface area contributed by atoms with Gasteiger partial charge in [-0.15, -0.1) is 0 Å². The summed E-state index contributed by atoms with van der Waals surface area (Å²) in [7, 11) is 0. The van der Waals surface area contributed by atoms with Crippen molar-refractivity contribution < 1.29 is 14.3 Å². The van der Waals surface area contributed by atoms with Crippen molar-refractivity contribution in [1.29, 1.82) is 0 Å². The van der Waals surface area contributed by atoms with E-state index in [2.05, 4.69) is 9.98 Å². The summed E-state index contributed by atoms with van der Waals surface area (Å²) in [4.78, 5) is 17.2. The Balaban J connectivity index is 2.48. The summed E-state index contributed by atoms with van der Waals surface area (Å²) in [5.41, 5.74) is 0. The Labute approximate surface area is 77.6 Å². The number of hydrogen-bond acceptors (Lipinski definition) is 3. The number of amides is 1. The van der Waals surface area contributed by atoms with Gasteiger partial charge in [-0.2, -0.15) is 4.39 Å². The lowest BCUT2D eigenvalue weighted by Crippen LogP contribution is -2.40. The van der Waals surface area contributed by atoms with Crippen LogP contribution in [0.25, 0.3) is 0 Å². The number of alkyl halides is 1. The lowest BCUT2D eigenvalue weighted by Gasteiger charge is -2.10. The van der Waals surface area contributed by atoms with E-state index in [-0.39, 0.29) is 0 Å². The SMILES string of the molecule is O=C(O)NC1(F)N=c2ccccc2=N1. The molecule has 0 fully saturated rings. The smallest absolute Gasteiger partial charge is 0.410 e. The summed E-state index contributed by atoms with van der Waals surface area (Å²) >= 11 is 0. The molecule has 0 atom stereocenters. The van der Waals surface area contributed by atoms with E-state index in [4.69, 9.17) is 5.11 Å². The summed E-state index contributed by atoms with van der Waals surface area (Å²) in [6, 6.07) is 3.89. The molecule has 1 amide bonds. The fourth-order valence-electron chi connectivity index (χ4n) is 1.19. The first-order valence-electron chi connectivity index (χ1n) is 3.84. The molecule has 1 aromatic rings. The number of carbonyl (C=O) groups is 1. The van der Waals surface area contributed by atoms with E-state index in [1.54, 1.807) is 29.6 Å². The Morgan fingerprint density at radius 2 is 1.86 bits per heavy atom. The van der Waals surface area contributed by atoms with Crippen molar-refractivity contribution in [3.8, 4) is 0 Å². The van der Waals surface area contributed by atoms with E-state index < -0.39 is 12.1 Å². The number of para-hydroxylation sites is 2. The van der Waals surface area contributed by atoms with Crippen molar-refractivity contribution in [2.75, 3.05) is 0 Å². The average Bonchev–Trinajstić information content (AvgIpc) is 2.38. The van der Waals surface area contributed by atoms with Gasteiger partial charge < -0.3 is 5.11 Å². The number of hydrogen-bond donors (Lipinski definition) is 2. The molecule has 0 saturated heterocycles. The molecule has 0 aromatic heterocycles. The Morgan fingerprint density at radius 1 is 1.36 bits per heavy atom. The van der Waals surface area contributed by atoms with Crippen LogP contribution in [0.15, 0.2) is 34.3 Å². The van der Waals surface area contributed by atoms with E-state index >= 15 is 0 Å². The molecular formula is C8H6FN3O2. The summed E-state index contributed by atoms with van der Waals surface area (Å²) in [6.45, 7) is 0. The Morgan fingerprint density at radius 3 is 2.29 bits per heavy atom. The highest BCUT2D eigenvalue weighted by Crippen LogP contribution is 2.10. The second kappa shape index (κ2) is 2.76. The van der Waals surface area contributed by atoms with Gasteiger partial charge in [0.2, 0.25) is 0 Å². The second-order valence-electron chi connectivity index (χ2n) is 2.73. The standard InChI is InChI=1S/C8H6FN3O2/c9-8(12-7(13)14)10-5-3-1-2-4-6(5)11-8/h1-4,12H,(H,13,14). The van der Waals surface area contributed by atoms with Crippen LogP contribution in [0, 0.1) is 0 Å². The van der Waals surface area contributed by atoms with Crippen LogP contribution >= 0.6 is 0 Å². The van der Waals surface area contributed by atoms with Gasteiger partial charge >= 0.3 is 12.1 Å². The third kappa shape index (κ3) is 1.41. The average molecular weight is 195 g/mol. The zero-order valence-electron chi connectivity index (χ0n) is 6.94. The van der Waals surface area contributed by atoms with E-state index in [1.165, 1.54) is 0 Å². The van der Waals surface area contributed by atoms with Crippen molar-refractivity contribution in [3.05, 3.63) is 35.0 Å². The molecule has 0 radical (unpaired) electrons. The number of nitrogens with zero attached hydrogens (tertiary/aromatic N) is 2. The van der Waals surface area contributed by atoms with Gasteiger partial charge in [-0.3, -0.25) is 0 Å². The van der Waals surface area contributed by atoms with E-state index in [0.29, 0.717) is 10.7 Å². The van der Waals surface area contributed by atoms with Gasteiger partial charge in [-0.1, -0.05) is 12.1 Å². The zero-order valence-corrected chi connectivity index (χ0v) is 6.94. The predicted molar refractivity (Wildman–Crippen MR) is 43.8 cm³/mol. The first-order valence-corrected chi connectivity index (χ1v) is 3.84. The lowest BCUT2D eigenvalue weighted by atomic mass is 10.3. The molecule has 14 heavy (non-hydrogen) atoms. The third-order valence-corrected chi connectivity index (χ3v) is 1.68. The molecule has 1 aliphatic heterocycles. The monoisotopic (exact) mass is 195 g/mol. The molecule has 0 aliphatic carbocycles. The summed E-state index contributed by atoms with van der Waals surface area (Å²) in [5.74, 6) is 0. The number of halogens is 1. The largest absolute Gasteiger partial charge is 0.465 e. The molecule has 72 valence electrons. The van der Waals surface area contributed by atoms with Gasteiger partial charge in [-0.25, -0.2) is 20.1 Å². The Hall–Kier alpha value is -1.98. The Bertz CT molecular complexity index is 465. The number of fused-ring (bicyclic) bond motifs is 1. The number of rotatable bonds is 1. The van der Waals surface area contributed by atoms with Gasteiger partial charge in [0.25, 0.3) is 0 Å². The topological polar surface area (TPSA) is 74.0 Å². The summed E-state index contributed by atoms with van der Waals surface area (Å²) in [6.07, 6.45) is -1.51. The van der Waals surface area contributed by atoms with Crippen LogP contribution < -0.4 is 16.0 Å². The maximum atomic E-state index is 13.5. The summed E-state index contributed by atoms with van der Waals surface area (Å²) < 4.78 is 13.5. The van der Waals surface area contributed by atoms with E-state index in [9.17, 15) is 9.18 Å². The quantitative estimate of drug-likeness (QED) is 0.608. The van der Waals surface area contributed by atoms with Crippen LogP contribution in [0.2, 0.25) is 0 Å². The fraction of sp³-hybridized carbons (Fsp3) is 0.125. The van der Waals surface area contributed by atoms with Crippen LogP contribution in [0.4, 0.5) is 9.18 Å². The van der Waals surface area contributed by atoms with Crippen molar-refractivity contribution in [2.24, 2.45) is 9.98 Å². The molecule has 0 saturated carbocycles. The van der Waals surface area contributed by atoms with Crippen molar-refractivity contribution in [3.63, 3.8) is 0 Å². The maximum Gasteiger partial charge on any atom is 0.410 e. The van der Waals surface area contributed by atoms with Crippen molar-refractivity contribution >= 4 is 6.09 Å². The number of nitrogens with one attached hydrogen (secondary N) is 1. The molecular weight excluding hydrogens is 189 g/mol. The maximum absolute atomic E-state index is 13.5. The number of carboxylic acid groups (broad SMARTS) is 1. The molecule has 6 heteroatoms. The first-order chi connectivity index (χ1) is 6.59. The normalized spacial score (nSPS) is 16.4. The van der Waals surface area contributed by atoms with Crippen molar-refractivity contribution in [2.45, 2.75) is 6.04 Å². The van der Waals surface area contributed by atoms with Gasteiger partial charge in [-0.05, 0) is 12.1 Å². The van der Waals surface area contributed by atoms with Crippen LogP contribution in [0.3, 0.4) is 0 Å². The molecule has 2 N–H and O–H groups in total. The first kappa shape index (κ1) is 8.61. The van der Waals surface area contributed by atoms with E-state index in [0.717, 1.165) is 0 Å². The highest BCUT2D eigenvalue weighted by molar-refractivity contribution is 5.65. The molecule has 0 bridgehead atoms. The predicted octanol–water partition coefficient (Wildman–Crippen LogP) is -0.212. The zero-order chi connectivity index (χ0) is 10.2. The van der Waals surface area contributed by atoms with Gasteiger partial charge in [0, 0.05) is 0 Å². The van der Waals surface area contributed by atoms with Crippen molar-refractivity contribution in [1.82, 2.24) is 5.32 Å². The minimum absolute atomic E-state index is 0.337.